The van der Waals surface area contributed by atoms with Gasteiger partial charge in [0.15, 0.2) is 11.6 Å². The topological polar surface area (TPSA) is 21.8 Å². The van der Waals surface area contributed by atoms with Crippen LogP contribution in [0.2, 0.25) is 0 Å². The summed E-state index contributed by atoms with van der Waals surface area (Å²) in [4.78, 5) is 2.39. The van der Waals surface area contributed by atoms with E-state index in [0.29, 0.717) is 17.8 Å². The monoisotopic (exact) mass is 394 g/mol. The molecule has 0 saturated carbocycles. The van der Waals surface area contributed by atoms with Crippen molar-refractivity contribution >= 4 is 29.2 Å². The zero-order valence-electron chi connectivity index (χ0n) is 14.8. The minimum Gasteiger partial charge on any atom is -0.315 e. The average Bonchev–Trinajstić information content (AvgIpc) is 2.81. The van der Waals surface area contributed by atoms with E-state index >= 15 is 0 Å². The molecular weight excluding hydrogens is 373 g/mol. The number of para-hydroxylation sites is 2. The number of hydrogen-bond acceptors (Lipinski definition) is 5. The molecule has 0 amide bonds. The molecule has 0 atom stereocenters. The molecule has 1 fully saturated rings. The van der Waals surface area contributed by atoms with Gasteiger partial charge in [0.1, 0.15) is 11.5 Å². The van der Waals surface area contributed by atoms with Crippen molar-refractivity contribution in [3.63, 3.8) is 0 Å². The lowest BCUT2D eigenvalue weighted by atomic mass is 10.2. The lowest BCUT2D eigenvalue weighted by Crippen LogP contribution is -2.34. The molecule has 2 aromatic rings. The van der Waals surface area contributed by atoms with E-state index in [9.17, 15) is 13.2 Å². The molecule has 0 aromatic heterocycles. The van der Waals surface area contributed by atoms with Crippen molar-refractivity contribution in [2.75, 3.05) is 47.9 Å². The van der Waals surface area contributed by atoms with Crippen molar-refractivity contribution in [1.82, 2.24) is 10.2 Å². The van der Waals surface area contributed by atoms with Gasteiger partial charge in [0.05, 0.1) is 23.5 Å². The Labute approximate surface area is 161 Å². The number of benzene rings is 2. The van der Waals surface area contributed by atoms with Crippen LogP contribution in [0.1, 0.15) is 6.42 Å². The first-order valence-corrected chi connectivity index (χ1v) is 9.79. The van der Waals surface area contributed by atoms with E-state index in [1.165, 1.54) is 16.4 Å². The maximum absolute atomic E-state index is 14.3. The molecule has 0 unspecified atom stereocenters. The summed E-state index contributed by atoms with van der Waals surface area (Å²) in [6.45, 7) is 5.63. The third-order valence-electron chi connectivity index (χ3n) is 4.79. The summed E-state index contributed by atoms with van der Waals surface area (Å²) < 4.78 is 45.5. The number of fused-ring (bicyclic) bond motifs is 1. The smallest absolute Gasteiger partial charge is 0.153 e. The molecule has 0 aliphatic carbocycles. The van der Waals surface area contributed by atoms with Crippen molar-refractivity contribution in [3.8, 4) is 0 Å². The van der Waals surface area contributed by atoms with Gasteiger partial charge in [-0.05, 0) is 31.6 Å². The molecule has 8 heteroatoms. The van der Waals surface area contributed by atoms with Crippen LogP contribution in [0.3, 0.4) is 0 Å². The largest absolute Gasteiger partial charge is 0.315 e. The summed E-state index contributed by atoms with van der Waals surface area (Å²) >= 11 is 1.24. The SMILES string of the molecule is Fc1cc(F)c(N2SN(CCN3CCCNCC3)c3ccccc32)c(F)c1. The van der Waals surface area contributed by atoms with Crippen LogP contribution in [0.25, 0.3) is 0 Å². The van der Waals surface area contributed by atoms with Crippen LogP contribution in [-0.4, -0.2) is 44.2 Å². The first-order valence-electron chi connectivity index (χ1n) is 9.06. The summed E-state index contributed by atoms with van der Waals surface area (Å²) in [5.41, 5.74) is 1.36. The molecule has 2 aliphatic heterocycles. The number of halogens is 3. The zero-order valence-corrected chi connectivity index (χ0v) is 15.6. The summed E-state index contributed by atoms with van der Waals surface area (Å²) in [7, 11) is 0. The molecule has 0 spiro atoms. The third kappa shape index (κ3) is 3.88. The summed E-state index contributed by atoms with van der Waals surface area (Å²) in [6, 6.07) is 8.92. The molecule has 0 radical (unpaired) electrons. The number of hydrogen-bond donors (Lipinski definition) is 1. The fraction of sp³-hybridized carbons (Fsp3) is 0.368. The predicted octanol–water partition coefficient (Wildman–Crippen LogP) is 3.92. The Balaban J connectivity index is 1.56. The van der Waals surface area contributed by atoms with Gasteiger partial charge in [-0.25, -0.2) is 13.2 Å². The van der Waals surface area contributed by atoms with Gasteiger partial charge in [-0.3, -0.25) is 8.61 Å². The first-order chi connectivity index (χ1) is 13.1. The van der Waals surface area contributed by atoms with Crippen LogP contribution in [0.5, 0.6) is 0 Å². The third-order valence-corrected chi connectivity index (χ3v) is 5.91. The second-order valence-corrected chi connectivity index (χ2v) is 7.60. The number of anilines is 3. The Morgan fingerprint density at radius 2 is 1.67 bits per heavy atom. The summed E-state index contributed by atoms with van der Waals surface area (Å²) in [6.07, 6.45) is 1.11. The Kier molecular flexibility index (Phi) is 5.47. The van der Waals surface area contributed by atoms with Gasteiger partial charge in [-0.15, -0.1) is 0 Å². The highest BCUT2D eigenvalue weighted by molar-refractivity contribution is 8.02. The van der Waals surface area contributed by atoms with Crippen LogP contribution in [0.15, 0.2) is 36.4 Å². The van der Waals surface area contributed by atoms with E-state index in [2.05, 4.69) is 10.2 Å². The second kappa shape index (κ2) is 8.00. The molecule has 2 aromatic carbocycles. The quantitative estimate of drug-likeness (QED) is 0.792. The Bertz CT molecular complexity index is 788. The molecule has 27 heavy (non-hydrogen) atoms. The van der Waals surface area contributed by atoms with Crippen LogP contribution >= 0.6 is 12.1 Å². The van der Waals surface area contributed by atoms with Crippen LogP contribution in [0, 0.1) is 17.5 Å². The normalized spacial score (nSPS) is 17.9. The van der Waals surface area contributed by atoms with Gasteiger partial charge < -0.3 is 10.2 Å². The number of nitrogens with zero attached hydrogens (tertiary/aromatic N) is 3. The predicted molar refractivity (Wildman–Crippen MR) is 104 cm³/mol. The molecule has 2 aliphatic rings. The molecule has 4 rings (SSSR count). The van der Waals surface area contributed by atoms with E-state index in [4.69, 9.17) is 0 Å². The van der Waals surface area contributed by atoms with Crippen molar-refractivity contribution in [2.24, 2.45) is 0 Å². The van der Waals surface area contributed by atoms with Crippen molar-refractivity contribution in [2.45, 2.75) is 6.42 Å². The van der Waals surface area contributed by atoms with Crippen molar-refractivity contribution in [1.29, 1.82) is 0 Å². The molecule has 1 N–H and O–H groups in total. The highest BCUT2D eigenvalue weighted by atomic mass is 32.2. The van der Waals surface area contributed by atoms with E-state index in [1.807, 2.05) is 28.6 Å². The molecule has 1 saturated heterocycles. The number of nitrogens with one attached hydrogen (secondary N) is 1. The van der Waals surface area contributed by atoms with Crippen molar-refractivity contribution < 1.29 is 13.2 Å². The first kappa shape index (κ1) is 18.5. The van der Waals surface area contributed by atoms with E-state index < -0.39 is 17.5 Å². The second-order valence-electron chi connectivity index (χ2n) is 6.63. The molecule has 2 heterocycles. The van der Waals surface area contributed by atoms with E-state index in [1.54, 1.807) is 0 Å². The fourth-order valence-corrected chi connectivity index (χ4v) is 4.54. The summed E-state index contributed by atoms with van der Waals surface area (Å²) in [5, 5.41) is 3.38. The minimum atomic E-state index is -0.919. The molecule has 144 valence electrons. The standard InChI is InChI=1S/C19H21F3N4S/c20-14-12-15(21)19(16(22)13-14)26-18-5-2-1-4-17(18)25(27-26)11-10-24-8-3-6-23-7-9-24/h1-2,4-5,12-13,23H,3,6-11H2. The van der Waals surface area contributed by atoms with Crippen molar-refractivity contribution in [3.05, 3.63) is 53.8 Å². The average molecular weight is 394 g/mol. The van der Waals surface area contributed by atoms with Gasteiger partial charge in [0, 0.05) is 38.3 Å². The molecular formula is C19H21F3N4S. The molecule has 4 nitrogen and oxygen atoms in total. The van der Waals surface area contributed by atoms with Crippen LogP contribution in [0.4, 0.5) is 30.2 Å². The maximum Gasteiger partial charge on any atom is 0.153 e. The Morgan fingerprint density at radius 3 is 2.44 bits per heavy atom. The van der Waals surface area contributed by atoms with Gasteiger partial charge in [0.2, 0.25) is 0 Å². The Hall–Kier alpha value is -1.90. The minimum absolute atomic E-state index is 0.240. The fourth-order valence-electron chi connectivity index (χ4n) is 3.44. The van der Waals surface area contributed by atoms with Crippen LogP contribution in [-0.2, 0) is 0 Å². The van der Waals surface area contributed by atoms with Gasteiger partial charge in [0.25, 0.3) is 0 Å². The van der Waals surface area contributed by atoms with Crippen LogP contribution < -0.4 is 13.9 Å². The van der Waals surface area contributed by atoms with E-state index in [-0.39, 0.29) is 5.69 Å². The van der Waals surface area contributed by atoms with E-state index in [0.717, 1.165) is 51.4 Å². The van der Waals surface area contributed by atoms with Gasteiger partial charge in [-0.1, -0.05) is 12.1 Å². The van der Waals surface area contributed by atoms with Gasteiger partial charge >= 0.3 is 0 Å². The highest BCUT2D eigenvalue weighted by Crippen LogP contribution is 2.50. The Morgan fingerprint density at radius 1 is 0.926 bits per heavy atom. The number of rotatable bonds is 4. The van der Waals surface area contributed by atoms with Gasteiger partial charge in [-0.2, -0.15) is 0 Å². The molecule has 0 bridgehead atoms. The zero-order chi connectivity index (χ0) is 18.8. The summed E-state index contributed by atoms with van der Waals surface area (Å²) in [5.74, 6) is -2.73. The maximum atomic E-state index is 14.3. The lowest BCUT2D eigenvalue weighted by molar-refractivity contribution is 0.302. The lowest BCUT2D eigenvalue weighted by Gasteiger charge is -2.24. The highest BCUT2D eigenvalue weighted by Gasteiger charge is 2.32.